The van der Waals surface area contributed by atoms with Gasteiger partial charge in [0.15, 0.2) is 0 Å². The molecule has 6 heteroatoms. The Bertz CT molecular complexity index is 729. The van der Waals surface area contributed by atoms with Gasteiger partial charge in [-0.2, -0.15) is 0 Å². The molecule has 0 aromatic heterocycles. The van der Waals surface area contributed by atoms with Crippen molar-refractivity contribution in [1.29, 1.82) is 0 Å². The minimum atomic E-state index is -0.221. The first kappa shape index (κ1) is 19.5. The SMILES string of the molecule is COCCCNC(=O)c1ccccc1NC(=O)Cc1ccc(OC)cc1. The zero-order chi connectivity index (χ0) is 18.8. The van der Waals surface area contributed by atoms with Gasteiger partial charge in [-0.1, -0.05) is 24.3 Å². The van der Waals surface area contributed by atoms with Crippen LogP contribution in [0.4, 0.5) is 5.69 Å². The van der Waals surface area contributed by atoms with E-state index in [-0.39, 0.29) is 18.2 Å². The lowest BCUT2D eigenvalue weighted by atomic mass is 10.1. The first-order valence-electron chi connectivity index (χ1n) is 8.43. The molecule has 2 aromatic carbocycles. The number of nitrogens with one attached hydrogen (secondary N) is 2. The van der Waals surface area contributed by atoms with E-state index >= 15 is 0 Å². The first-order chi connectivity index (χ1) is 12.6. The van der Waals surface area contributed by atoms with Crippen LogP contribution in [0.2, 0.25) is 0 Å². The summed E-state index contributed by atoms with van der Waals surface area (Å²) in [6, 6.07) is 14.3. The summed E-state index contributed by atoms with van der Waals surface area (Å²) in [5.41, 5.74) is 1.80. The van der Waals surface area contributed by atoms with Gasteiger partial charge in [-0.15, -0.1) is 0 Å². The van der Waals surface area contributed by atoms with E-state index in [2.05, 4.69) is 10.6 Å². The molecule has 0 atom stereocenters. The van der Waals surface area contributed by atoms with Crippen molar-refractivity contribution in [1.82, 2.24) is 5.32 Å². The summed E-state index contributed by atoms with van der Waals surface area (Å²) in [6.45, 7) is 1.10. The quantitative estimate of drug-likeness (QED) is 0.677. The number of anilines is 1. The number of amides is 2. The highest BCUT2D eigenvalue weighted by atomic mass is 16.5. The molecule has 138 valence electrons. The van der Waals surface area contributed by atoms with Gasteiger partial charge in [0.25, 0.3) is 5.91 Å². The third-order valence-electron chi connectivity index (χ3n) is 3.78. The molecule has 0 radical (unpaired) electrons. The molecule has 0 spiro atoms. The third-order valence-corrected chi connectivity index (χ3v) is 3.78. The third kappa shape index (κ3) is 5.89. The molecule has 2 N–H and O–H groups in total. The maximum atomic E-state index is 12.3. The van der Waals surface area contributed by atoms with Crippen LogP contribution in [0.5, 0.6) is 5.75 Å². The summed E-state index contributed by atoms with van der Waals surface area (Å²) in [5, 5.41) is 5.64. The van der Waals surface area contributed by atoms with Crippen molar-refractivity contribution in [2.45, 2.75) is 12.8 Å². The number of carbonyl (C=O) groups is 2. The lowest BCUT2D eigenvalue weighted by Crippen LogP contribution is -2.27. The minimum absolute atomic E-state index is 0.185. The lowest BCUT2D eigenvalue weighted by Gasteiger charge is -2.11. The molecule has 0 aliphatic rings. The van der Waals surface area contributed by atoms with Gasteiger partial charge in [-0.05, 0) is 36.2 Å². The second-order valence-electron chi connectivity index (χ2n) is 5.72. The second kappa shape index (κ2) is 10.2. The molecule has 6 nitrogen and oxygen atoms in total. The van der Waals surface area contributed by atoms with Crippen LogP contribution in [0.3, 0.4) is 0 Å². The van der Waals surface area contributed by atoms with Crippen molar-refractivity contribution in [3.63, 3.8) is 0 Å². The smallest absolute Gasteiger partial charge is 0.253 e. The van der Waals surface area contributed by atoms with Gasteiger partial charge in [0.1, 0.15) is 5.75 Å². The summed E-state index contributed by atoms with van der Waals surface area (Å²) >= 11 is 0. The Balaban J connectivity index is 1.97. The second-order valence-corrected chi connectivity index (χ2v) is 5.72. The standard InChI is InChI=1S/C20H24N2O4/c1-25-13-5-12-21-20(24)17-6-3-4-7-18(17)22-19(23)14-15-8-10-16(26-2)11-9-15/h3-4,6-11H,5,12-14H2,1-2H3,(H,21,24)(H,22,23). The number of hydrogen-bond acceptors (Lipinski definition) is 4. The Hall–Kier alpha value is -2.86. The number of ether oxygens (including phenoxy) is 2. The van der Waals surface area contributed by atoms with E-state index in [4.69, 9.17) is 9.47 Å². The van der Waals surface area contributed by atoms with Crippen LogP contribution < -0.4 is 15.4 Å². The van der Waals surface area contributed by atoms with E-state index in [9.17, 15) is 9.59 Å². The molecular weight excluding hydrogens is 332 g/mol. The summed E-state index contributed by atoms with van der Waals surface area (Å²) < 4.78 is 10.1. The average molecular weight is 356 g/mol. The zero-order valence-corrected chi connectivity index (χ0v) is 15.1. The molecule has 0 saturated carbocycles. The minimum Gasteiger partial charge on any atom is -0.497 e. The van der Waals surface area contributed by atoms with E-state index in [1.54, 1.807) is 38.5 Å². The Labute approximate surface area is 153 Å². The summed E-state index contributed by atoms with van der Waals surface area (Å²) in [5.74, 6) is 0.334. The molecule has 0 heterocycles. The van der Waals surface area contributed by atoms with Crippen molar-refractivity contribution in [3.05, 3.63) is 59.7 Å². The van der Waals surface area contributed by atoms with Crippen LogP contribution in [-0.4, -0.2) is 39.2 Å². The normalized spacial score (nSPS) is 10.2. The van der Waals surface area contributed by atoms with Gasteiger partial charge in [-0.25, -0.2) is 0 Å². The van der Waals surface area contributed by atoms with Gasteiger partial charge < -0.3 is 20.1 Å². The van der Waals surface area contributed by atoms with Crippen molar-refractivity contribution >= 4 is 17.5 Å². The fourth-order valence-corrected chi connectivity index (χ4v) is 2.43. The molecule has 2 amide bonds. The monoisotopic (exact) mass is 356 g/mol. The topological polar surface area (TPSA) is 76.7 Å². The average Bonchev–Trinajstić information content (AvgIpc) is 2.66. The molecule has 0 bridgehead atoms. The number of hydrogen-bond donors (Lipinski definition) is 2. The number of rotatable bonds is 9. The Morgan fingerprint density at radius 1 is 1.00 bits per heavy atom. The molecular formula is C20H24N2O4. The van der Waals surface area contributed by atoms with Crippen LogP contribution in [0.15, 0.2) is 48.5 Å². The van der Waals surface area contributed by atoms with Crippen molar-refractivity contribution in [2.24, 2.45) is 0 Å². The zero-order valence-electron chi connectivity index (χ0n) is 15.1. The fourth-order valence-electron chi connectivity index (χ4n) is 2.43. The molecule has 2 aromatic rings. The maximum Gasteiger partial charge on any atom is 0.253 e. The molecule has 26 heavy (non-hydrogen) atoms. The largest absolute Gasteiger partial charge is 0.497 e. The van der Waals surface area contributed by atoms with Crippen molar-refractivity contribution in [2.75, 3.05) is 32.7 Å². The number of para-hydroxylation sites is 1. The van der Waals surface area contributed by atoms with Crippen LogP contribution >= 0.6 is 0 Å². The molecule has 0 unspecified atom stereocenters. The van der Waals surface area contributed by atoms with E-state index in [0.29, 0.717) is 24.4 Å². The van der Waals surface area contributed by atoms with Crippen LogP contribution in [0.25, 0.3) is 0 Å². The molecule has 0 saturated heterocycles. The summed E-state index contributed by atoms with van der Waals surface area (Å²) in [4.78, 5) is 24.6. The van der Waals surface area contributed by atoms with Gasteiger partial charge in [0.05, 0.1) is 24.8 Å². The Kier molecular flexibility index (Phi) is 7.64. The summed E-state index contributed by atoms with van der Waals surface area (Å²) in [7, 11) is 3.22. The van der Waals surface area contributed by atoms with E-state index < -0.39 is 0 Å². The highest BCUT2D eigenvalue weighted by molar-refractivity contribution is 6.04. The van der Waals surface area contributed by atoms with Gasteiger partial charge in [-0.3, -0.25) is 9.59 Å². The molecule has 0 aliphatic heterocycles. The van der Waals surface area contributed by atoms with E-state index in [0.717, 1.165) is 17.7 Å². The predicted octanol–water partition coefficient (Wildman–Crippen LogP) is 2.64. The van der Waals surface area contributed by atoms with Gasteiger partial charge >= 0.3 is 0 Å². The maximum absolute atomic E-state index is 12.3. The fraction of sp³-hybridized carbons (Fsp3) is 0.300. The molecule has 2 rings (SSSR count). The summed E-state index contributed by atoms with van der Waals surface area (Å²) in [6.07, 6.45) is 0.946. The van der Waals surface area contributed by atoms with Crippen LogP contribution in [0.1, 0.15) is 22.3 Å². The Morgan fingerprint density at radius 2 is 1.73 bits per heavy atom. The number of carbonyl (C=O) groups excluding carboxylic acids is 2. The number of methoxy groups -OCH3 is 2. The van der Waals surface area contributed by atoms with Crippen LogP contribution in [-0.2, 0) is 16.0 Å². The van der Waals surface area contributed by atoms with E-state index in [1.165, 1.54) is 0 Å². The van der Waals surface area contributed by atoms with Crippen LogP contribution in [0, 0.1) is 0 Å². The highest BCUT2D eigenvalue weighted by Gasteiger charge is 2.13. The van der Waals surface area contributed by atoms with Crippen molar-refractivity contribution < 1.29 is 19.1 Å². The molecule has 0 aliphatic carbocycles. The highest BCUT2D eigenvalue weighted by Crippen LogP contribution is 2.16. The Morgan fingerprint density at radius 3 is 2.42 bits per heavy atom. The lowest BCUT2D eigenvalue weighted by molar-refractivity contribution is -0.115. The molecule has 0 fully saturated rings. The number of benzene rings is 2. The van der Waals surface area contributed by atoms with Crippen molar-refractivity contribution in [3.8, 4) is 5.75 Å². The predicted molar refractivity (Wildman–Crippen MR) is 101 cm³/mol. The van der Waals surface area contributed by atoms with E-state index in [1.807, 2.05) is 24.3 Å². The van der Waals surface area contributed by atoms with Gasteiger partial charge in [0.2, 0.25) is 5.91 Å². The first-order valence-corrected chi connectivity index (χ1v) is 8.43. The van der Waals surface area contributed by atoms with Gasteiger partial charge in [0, 0.05) is 20.3 Å².